The van der Waals surface area contributed by atoms with E-state index in [1.165, 1.54) is 12.4 Å². The van der Waals surface area contributed by atoms with Crippen LogP contribution in [0.3, 0.4) is 0 Å². The molecule has 168 valence electrons. The Bertz CT molecular complexity index is 1210. The molecule has 7 heteroatoms. The van der Waals surface area contributed by atoms with Crippen molar-refractivity contribution in [3.63, 3.8) is 0 Å². The van der Waals surface area contributed by atoms with E-state index in [4.69, 9.17) is 16.4 Å². The second-order valence-corrected chi connectivity index (χ2v) is 8.50. The molecule has 3 heterocycles. The van der Waals surface area contributed by atoms with Crippen LogP contribution in [0.25, 0.3) is 16.5 Å². The van der Waals surface area contributed by atoms with Gasteiger partial charge in [0, 0.05) is 55.6 Å². The fraction of sp³-hybridized carbons (Fsp3) is 0.308. The number of nitriles is 1. The number of nitrogens with two attached hydrogens (primary N) is 1. The van der Waals surface area contributed by atoms with Crippen LogP contribution in [0, 0.1) is 22.7 Å². The van der Waals surface area contributed by atoms with E-state index in [2.05, 4.69) is 27.9 Å². The highest BCUT2D eigenvalue weighted by atomic mass is 16.2. The van der Waals surface area contributed by atoms with Crippen molar-refractivity contribution in [1.29, 1.82) is 10.7 Å². The Balaban J connectivity index is 1.30. The number of carbonyl (C=O) groups excluding carboxylic acids is 1. The number of carbonyl (C=O) groups is 1. The van der Waals surface area contributed by atoms with Gasteiger partial charge in [-0.1, -0.05) is 12.1 Å². The first-order valence-electron chi connectivity index (χ1n) is 11.3. The Kier molecular flexibility index (Phi) is 6.84. The fourth-order valence-electron chi connectivity index (χ4n) is 4.41. The van der Waals surface area contributed by atoms with E-state index < -0.39 is 0 Å². The standard InChI is InChI=1S/C26H28N6O/c27-14-20-3-1-19(2-4-20)5-6-26(33)31-10-7-21(8-11-31)18-32-12-9-22-13-24(23(15-28)16-29)30-17-25(22)32/h1-4,9,12-13,15-17,21,28H,5-8,10-11,18,29H2/b23-16+,28-15?. The van der Waals surface area contributed by atoms with Gasteiger partial charge in [0.05, 0.1) is 29.0 Å². The predicted molar refractivity (Wildman–Crippen MR) is 129 cm³/mol. The minimum absolute atomic E-state index is 0.205. The number of hydrogen-bond acceptors (Lipinski definition) is 5. The molecule has 1 aliphatic rings. The minimum atomic E-state index is 0.205. The molecule has 0 radical (unpaired) electrons. The van der Waals surface area contributed by atoms with Gasteiger partial charge in [0.2, 0.25) is 5.91 Å². The second-order valence-electron chi connectivity index (χ2n) is 8.50. The number of aryl methyl sites for hydroxylation is 1. The number of hydrogen-bond donors (Lipinski definition) is 2. The van der Waals surface area contributed by atoms with Crippen molar-refractivity contribution in [2.24, 2.45) is 11.7 Å². The number of piperidine rings is 1. The van der Waals surface area contributed by atoms with Crippen molar-refractivity contribution >= 4 is 28.6 Å². The monoisotopic (exact) mass is 440 g/mol. The summed E-state index contributed by atoms with van der Waals surface area (Å²) in [7, 11) is 0. The topological polar surface area (TPSA) is 112 Å². The Morgan fingerprint density at radius 3 is 2.67 bits per heavy atom. The molecule has 1 aliphatic heterocycles. The molecule has 33 heavy (non-hydrogen) atoms. The summed E-state index contributed by atoms with van der Waals surface area (Å²) in [6.45, 7) is 2.49. The van der Waals surface area contributed by atoms with Crippen molar-refractivity contribution in [2.75, 3.05) is 13.1 Å². The Hall–Kier alpha value is -3.92. The molecule has 1 amide bonds. The van der Waals surface area contributed by atoms with E-state index in [9.17, 15) is 4.79 Å². The lowest BCUT2D eigenvalue weighted by Gasteiger charge is -2.32. The van der Waals surface area contributed by atoms with Crippen molar-refractivity contribution in [2.45, 2.75) is 32.2 Å². The number of allylic oxidation sites excluding steroid dienone is 1. The molecule has 7 nitrogen and oxygen atoms in total. The van der Waals surface area contributed by atoms with E-state index in [1.807, 2.05) is 29.3 Å². The maximum absolute atomic E-state index is 12.7. The average Bonchev–Trinajstić information content (AvgIpc) is 3.26. The number of benzene rings is 1. The second kappa shape index (κ2) is 10.1. The summed E-state index contributed by atoms with van der Waals surface area (Å²) in [5.74, 6) is 0.722. The number of amides is 1. The number of nitrogens with one attached hydrogen (secondary N) is 1. The average molecular weight is 441 g/mol. The van der Waals surface area contributed by atoms with Crippen LogP contribution in [0.4, 0.5) is 0 Å². The number of aromatic nitrogens is 2. The summed E-state index contributed by atoms with van der Waals surface area (Å²) in [6, 6.07) is 13.6. The number of rotatable bonds is 7. The first-order chi connectivity index (χ1) is 16.1. The molecule has 1 aromatic carbocycles. The molecular formula is C26H28N6O. The van der Waals surface area contributed by atoms with Gasteiger partial charge in [0.1, 0.15) is 0 Å². The number of pyridine rings is 1. The summed E-state index contributed by atoms with van der Waals surface area (Å²) in [4.78, 5) is 19.1. The first kappa shape index (κ1) is 22.3. The molecule has 3 aromatic rings. The molecule has 1 saturated heterocycles. The lowest BCUT2D eigenvalue weighted by atomic mass is 9.96. The first-order valence-corrected chi connectivity index (χ1v) is 11.3. The van der Waals surface area contributed by atoms with Gasteiger partial charge in [0.15, 0.2) is 0 Å². The highest BCUT2D eigenvalue weighted by Crippen LogP contribution is 2.24. The SMILES string of the molecule is N#Cc1ccc(CCC(=O)N2CCC(Cn3ccc4cc(/C(C=N)=C/N)ncc43)CC2)cc1. The molecule has 0 saturated carbocycles. The lowest BCUT2D eigenvalue weighted by molar-refractivity contribution is -0.132. The van der Waals surface area contributed by atoms with E-state index in [0.717, 1.165) is 48.9 Å². The summed E-state index contributed by atoms with van der Waals surface area (Å²) in [5.41, 5.74) is 9.68. The summed E-state index contributed by atoms with van der Waals surface area (Å²) in [6.07, 6.45) is 9.72. The van der Waals surface area contributed by atoms with E-state index in [1.54, 1.807) is 12.1 Å². The zero-order chi connectivity index (χ0) is 23.2. The molecular weight excluding hydrogens is 412 g/mol. The molecule has 0 bridgehead atoms. The maximum Gasteiger partial charge on any atom is 0.222 e. The molecule has 0 unspecified atom stereocenters. The largest absolute Gasteiger partial charge is 0.404 e. The maximum atomic E-state index is 12.7. The molecule has 3 N–H and O–H groups in total. The quantitative estimate of drug-likeness (QED) is 0.545. The van der Waals surface area contributed by atoms with Crippen LogP contribution < -0.4 is 5.73 Å². The third kappa shape index (κ3) is 5.12. The third-order valence-electron chi connectivity index (χ3n) is 6.42. The number of nitrogens with zero attached hydrogens (tertiary/aromatic N) is 4. The van der Waals surface area contributed by atoms with Gasteiger partial charge in [-0.15, -0.1) is 0 Å². The molecule has 1 fully saturated rings. The van der Waals surface area contributed by atoms with Crippen LogP contribution in [0.1, 0.15) is 36.1 Å². The molecule has 0 atom stereocenters. The number of fused-ring (bicyclic) bond motifs is 1. The highest BCUT2D eigenvalue weighted by Gasteiger charge is 2.23. The van der Waals surface area contributed by atoms with Crippen molar-refractivity contribution < 1.29 is 4.79 Å². The zero-order valence-electron chi connectivity index (χ0n) is 18.6. The van der Waals surface area contributed by atoms with Gasteiger partial charge < -0.3 is 20.6 Å². The predicted octanol–water partition coefficient (Wildman–Crippen LogP) is 3.73. The van der Waals surface area contributed by atoms with Gasteiger partial charge in [-0.3, -0.25) is 9.78 Å². The number of likely N-dealkylation sites (tertiary alicyclic amines) is 1. The van der Waals surface area contributed by atoms with E-state index in [-0.39, 0.29) is 5.91 Å². The van der Waals surface area contributed by atoms with Crippen molar-refractivity contribution in [3.05, 3.63) is 71.8 Å². The van der Waals surface area contributed by atoms with Gasteiger partial charge in [-0.25, -0.2) is 0 Å². The normalized spacial score (nSPS) is 14.9. The highest BCUT2D eigenvalue weighted by molar-refractivity contribution is 6.08. The van der Waals surface area contributed by atoms with Crippen LogP contribution in [0.2, 0.25) is 0 Å². The van der Waals surface area contributed by atoms with Gasteiger partial charge in [-0.05, 0) is 55.0 Å². The molecule has 0 aliphatic carbocycles. The van der Waals surface area contributed by atoms with Crippen LogP contribution in [-0.4, -0.2) is 39.7 Å². The molecule has 4 rings (SSSR count). The summed E-state index contributed by atoms with van der Waals surface area (Å²) >= 11 is 0. The van der Waals surface area contributed by atoms with Gasteiger partial charge in [-0.2, -0.15) is 5.26 Å². The van der Waals surface area contributed by atoms with E-state index in [0.29, 0.717) is 35.6 Å². The minimum Gasteiger partial charge on any atom is -0.404 e. The third-order valence-corrected chi connectivity index (χ3v) is 6.42. The van der Waals surface area contributed by atoms with Crippen molar-refractivity contribution in [3.8, 4) is 6.07 Å². The van der Waals surface area contributed by atoms with Crippen molar-refractivity contribution in [1.82, 2.24) is 14.5 Å². The fourth-order valence-corrected chi connectivity index (χ4v) is 4.41. The Morgan fingerprint density at radius 2 is 2.00 bits per heavy atom. The smallest absolute Gasteiger partial charge is 0.222 e. The van der Waals surface area contributed by atoms with Crippen LogP contribution in [-0.2, 0) is 17.8 Å². The molecule has 0 spiro atoms. The van der Waals surface area contributed by atoms with Crippen LogP contribution in [0.15, 0.2) is 55.0 Å². The van der Waals surface area contributed by atoms with Gasteiger partial charge >= 0.3 is 0 Å². The Morgan fingerprint density at radius 1 is 1.24 bits per heavy atom. The lowest BCUT2D eigenvalue weighted by Crippen LogP contribution is -2.39. The summed E-state index contributed by atoms with van der Waals surface area (Å²) < 4.78 is 2.23. The molecule has 2 aromatic heterocycles. The van der Waals surface area contributed by atoms with E-state index >= 15 is 0 Å². The van der Waals surface area contributed by atoms with Crippen LogP contribution >= 0.6 is 0 Å². The van der Waals surface area contributed by atoms with Gasteiger partial charge in [0.25, 0.3) is 0 Å². The van der Waals surface area contributed by atoms with Crippen LogP contribution in [0.5, 0.6) is 0 Å². The Labute approximate surface area is 193 Å². The summed E-state index contributed by atoms with van der Waals surface area (Å²) in [5, 5.41) is 17.4. The zero-order valence-corrected chi connectivity index (χ0v) is 18.6.